The summed E-state index contributed by atoms with van der Waals surface area (Å²) in [5.74, 6) is -1.45. The van der Waals surface area contributed by atoms with Crippen molar-refractivity contribution in [2.75, 3.05) is 27.8 Å². The summed E-state index contributed by atoms with van der Waals surface area (Å²) in [5, 5.41) is 0. The Labute approximate surface area is 212 Å². The van der Waals surface area contributed by atoms with Crippen molar-refractivity contribution in [2.45, 2.75) is 22.1 Å². The Morgan fingerprint density at radius 1 is 0.684 bits per heavy atom. The molecule has 20 heteroatoms. The maximum atomic E-state index is 13.2. The molecule has 0 aromatic heterocycles. The summed E-state index contributed by atoms with van der Waals surface area (Å²) >= 11 is 0. The van der Waals surface area contributed by atoms with E-state index in [1.54, 1.807) is 0 Å². The maximum Gasteiger partial charge on any atom is 0.417 e. The van der Waals surface area contributed by atoms with Crippen LogP contribution in [0.4, 0.5) is 26.3 Å². The number of rotatable bonds is 12. The van der Waals surface area contributed by atoms with E-state index in [1.807, 2.05) is 0 Å². The second-order valence-electron chi connectivity index (χ2n) is 6.59. The van der Waals surface area contributed by atoms with E-state index in [-0.39, 0.29) is 0 Å². The van der Waals surface area contributed by atoms with Crippen molar-refractivity contribution in [3.8, 4) is 11.5 Å². The summed E-state index contributed by atoms with van der Waals surface area (Å²) in [4.78, 5) is -2.79. The Hall–Kier alpha value is -2.41. The summed E-state index contributed by atoms with van der Waals surface area (Å²) in [7, 11) is -12.5. The smallest absolute Gasteiger partial charge is 0.417 e. The lowest BCUT2D eigenvalue weighted by Crippen LogP contribution is -2.17. The molecule has 0 radical (unpaired) electrons. The van der Waals surface area contributed by atoms with E-state index in [1.165, 1.54) is 0 Å². The summed E-state index contributed by atoms with van der Waals surface area (Å²) in [6, 6.07) is 4.44. The molecule has 0 fully saturated rings. The third-order valence-electron chi connectivity index (χ3n) is 4.27. The molecule has 0 spiro atoms. The van der Waals surface area contributed by atoms with Crippen LogP contribution < -0.4 is 9.47 Å². The van der Waals surface area contributed by atoms with Crippen LogP contribution in [0.5, 0.6) is 11.5 Å². The molecule has 11 nitrogen and oxygen atoms in total. The fourth-order valence-electron chi connectivity index (χ4n) is 2.75. The van der Waals surface area contributed by atoms with Gasteiger partial charge in [0.25, 0.3) is 0 Å². The van der Waals surface area contributed by atoms with E-state index in [2.05, 4.69) is 26.9 Å². The van der Waals surface area contributed by atoms with Gasteiger partial charge in [-0.1, -0.05) is 12.1 Å². The van der Waals surface area contributed by atoms with E-state index >= 15 is 0 Å². The second kappa shape index (κ2) is 12.2. The molecular weight excluding hydrogens is 601 g/mol. The van der Waals surface area contributed by atoms with Gasteiger partial charge in [-0.2, -0.15) is 43.2 Å². The zero-order valence-corrected chi connectivity index (χ0v) is 21.6. The zero-order chi connectivity index (χ0) is 28.9. The van der Waals surface area contributed by atoms with Crippen LogP contribution in [0.3, 0.4) is 0 Å². The van der Waals surface area contributed by atoms with Crippen molar-refractivity contribution < 1.29 is 74.6 Å². The molecule has 38 heavy (non-hydrogen) atoms. The molecule has 0 bridgehead atoms. The summed E-state index contributed by atoms with van der Waals surface area (Å²) in [6.45, 7) is -2.93. The molecule has 0 aliphatic rings. The number of hydrogen-bond donors (Lipinski definition) is 0. The summed E-state index contributed by atoms with van der Waals surface area (Å²) < 4.78 is 167. The van der Waals surface area contributed by atoms with Crippen LogP contribution in [0.15, 0.2) is 46.2 Å². The highest BCUT2D eigenvalue weighted by atomic mass is 32.2. The minimum atomic E-state index is -5.21. The van der Waals surface area contributed by atoms with Crippen molar-refractivity contribution in [1.82, 2.24) is 0 Å². The molecular formula is C18H17F6O11PS2. The van der Waals surface area contributed by atoms with E-state index in [4.69, 9.17) is 0 Å². The second-order valence-corrected chi connectivity index (χ2v) is 10.8. The van der Waals surface area contributed by atoms with Crippen LogP contribution in [0.25, 0.3) is 0 Å². The highest BCUT2D eigenvalue weighted by Crippen LogP contribution is 2.41. The van der Waals surface area contributed by atoms with Gasteiger partial charge in [-0.15, -0.1) is 0 Å². The van der Waals surface area contributed by atoms with Crippen LogP contribution in [-0.2, 0) is 54.6 Å². The van der Waals surface area contributed by atoms with E-state index < -0.39 is 86.8 Å². The molecule has 0 aliphatic carbocycles. The number of methoxy groups -OCH3 is 2. The van der Waals surface area contributed by atoms with Gasteiger partial charge in [0.15, 0.2) is 13.6 Å². The number of ether oxygens (including phenoxy) is 2. The molecule has 2 rings (SSSR count). The normalized spacial score (nSPS) is 13.1. The third kappa shape index (κ3) is 7.81. The van der Waals surface area contributed by atoms with E-state index in [0.717, 1.165) is 38.5 Å². The Balaban J connectivity index is 2.06. The first-order chi connectivity index (χ1) is 17.5. The minimum absolute atomic E-state index is 0.440. The van der Waals surface area contributed by atoms with E-state index in [9.17, 15) is 47.7 Å². The number of alkyl halides is 6. The topological polar surface area (TPSA) is 141 Å². The van der Waals surface area contributed by atoms with Gasteiger partial charge in [-0.25, -0.2) is 8.37 Å². The highest BCUT2D eigenvalue weighted by molar-refractivity contribution is 7.87. The number of benzene rings is 2. The molecule has 0 heterocycles. The molecule has 0 saturated carbocycles. The Kier molecular flexibility index (Phi) is 10.2. The fourth-order valence-corrected chi connectivity index (χ4v) is 5.60. The van der Waals surface area contributed by atoms with Gasteiger partial charge < -0.3 is 9.47 Å². The maximum absolute atomic E-state index is 13.2. The predicted octanol–water partition coefficient (Wildman–Crippen LogP) is 4.19. The van der Waals surface area contributed by atoms with Gasteiger partial charge in [-0.05, 0) is 24.3 Å². The average molecular weight is 618 g/mol. The van der Waals surface area contributed by atoms with Gasteiger partial charge in [0.1, 0.15) is 21.3 Å². The largest absolute Gasteiger partial charge is 0.495 e. The van der Waals surface area contributed by atoms with Crippen LogP contribution in [0.2, 0.25) is 0 Å². The predicted molar refractivity (Wildman–Crippen MR) is 113 cm³/mol. The first-order valence-corrected chi connectivity index (χ1v) is 13.6. The molecule has 0 N–H and O–H groups in total. The Bertz CT molecular complexity index is 1270. The lowest BCUT2D eigenvalue weighted by Gasteiger charge is -2.16. The van der Waals surface area contributed by atoms with Gasteiger partial charge in [-0.3, -0.25) is 13.6 Å². The first kappa shape index (κ1) is 31.8. The molecule has 0 atom stereocenters. The Morgan fingerprint density at radius 3 is 1.32 bits per heavy atom. The monoisotopic (exact) mass is 618 g/mol. The number of halogens is 6. The summed E-state index contributed by atoms with van der Waals surface area (Å²) in [6.07, 6.45) is -10.3. The number of hydrogen-bond acceptors (Lipinski definition) is 11. The Morgan fingerprint density at radius 2 is 1.03 bits per heavy atom. The zero-order valence-electron chi connectivity index (χ0n) is 19.0. The average Bonchev–Trinajstić information content (AvgIpc) is 2.81. The van der Waals surface area contributed by atoms with Crippen LogP contribution in [-0.4, -0.2) is 44.6 Å². The molecule has 0 amide bonds. The lowest BCUT2D eigenvalue weighted by atomic mass is 10.2. The van der Waals surface area contributed by atoms with E-state index in [0.29, 0.717) is 12.1 Å². The highest BCUT2D eigenvalue weighted by Gasteiger charge is 2.41. The molecule has 0 aliphatic heterocycles. The van der Waals surface area contributed by atoms with Gasteiger partial charge in [0.05, 0.1) is 25.3 Å². The quantitative estimate of drug-likeness (QED) is 0.146. The lowest BCUT2D eigenvalue weighted by molar-refractivity contribution is -0.140. The SMILES string of the molecule is COc1cccc(C(F)(F)F)c1S(=O)(=O)OCO[PH](=O)OCOS(=O)(=O)c1c(OC)cccc1C(F)(F)F. The van der Waals surface area contributed by atoms with Crippen molar-refractivity contribution in [2.24, 2.45) is 0 Å². The summed E-state index contributed by atoms with van der Waals surface area (Å²) in [5.41, 5.74) is -3.26. The van der Waals surface area contributed by atoms with Crippen LogP contribution in [0, 0.1) is 0 Å². The first-order valence-electron chi connectivity index (χ1n) is 9.52. The third-order valence-corrected chi connectivity index (χ3v) is 7.63. The van der Waals surface area contributed by atoms with Crippen molar-refractivity contribution >= 4 is 28.5 Å². The van der Waals surface area contributed by atoms with Gasteiger partial charge in [0.2, 0.25) is 0 Å². The van der Waals surface area contributed by atoms with Crippen molar-refractivity contribution in [3.63, 3.8) is 0 Å². The van der Waals surface area contributed by atoms with Crippen molar-refractivity contribution in [3.05, 3.63) is 47.5 Å². The van der Waals surface area contributed by atoms with Gasteiger partial charge in [0, 0.05) is 0 Å². The standard InChI is InChI=1S/C18H17F6O11PS2/c1-30-13-7-3-5-11(17(19,20)21)15(13)37(26,27)34-9-32-36(25)33-10-35-38(28,29)16-12(18(22,23)24)6-4-8-14(16)31-2/h3-8,36H,9-10H2,1-2H3. The van der Waals surface area contributed by atoms with Crippen molar-refractivity contribution in [1.29, 1.82) is 0 Å². The fraction of sp³-hybridized carbons (Fsp3) is 0.333. The van der Waals surface area contributed by atoms with Crippen LogP contribution >= 0.6 is 8.25 Å². The molecule has 2 aromatic carbocycles. The molecule has 2 aromatic rings. The molecule has 0 unspecified atom stereocenters. The minimum Gasteiger partial charge on any atom is -0.495 e. The molecule has 0 saturated heterocycles. The van der Waals surface area contributed by atoms with Crippen LogP contribution in [0.1, 0.15) is 11.1 Å². The molecule has 214 valence electrons. The van der Waals surface area contributed by atoms with Gasteiger partial charge >= 0.3 is 40.8 Å².